The van der Waals surface area contributed by atoms with Crippen LogP contribution in [0, 0.1) is 13.8 Å². The molecule has 1 unspecified atom stereocenters. The van der Waals surface area contributed by atoms with E-state index in [-0.39, 0.29) is 11.9 Å². The lowest BCUT2D eigenvalue weighted by atomic mass is 10.0. The highest BCUT2D eigenvalue weighted by atomic mass is 79.9. The molecule has 1 aromatic rings. The number of aryl methyl sites for hydroxylation is 2. The summed E-state index contributed by atoms with van der Waals surface area (Å²) < 4.78 is 0. The van der Waals surface area contributed by atoms with Gasteiger partial charge in [-0.2, -0.15) is 0 Å². The Bertz CT molecular complexity index is 363. The molecule has 1 rings (SSSR count). The van der Waals surface area contributed by atoms with Gasteiger partial charge in [-0.15, -0.1) is 0 Å². The second kappa shape index (κ2) is 5.31. The number of carbonyl (C=O) groups is 1. The third kappa shape index (κ3) is 3.34. The lowest BCUT2D eigenvalue weighted by Gasteiger charge is -2.12. The second-order valence-corrected chi connectivity index (χ2v) is 4.49. The minimum absolute atomic E-state index is 0.00292. The van der Waals surface area contributed by atoms with Crippen LogP contribution in [0.25, 0.3) is 0 Å². The zero-order valence-electron chi connectivity index (χ0n) is 9.30. The van der Waals surface area contributed by atoms with Gasteiger partial charge in [0.15, 0.2) is 0 Å². The van der Waals surface area contributed by atoms with Gasteiger partial charge in [-0.05, 0) is 32.4 Å². The van der Waals surface area contributed by atoms with E-state index in [2.05, 4.69) is 21.2 Å². The van der Waals surface area contributed by atoms with Gasteiger partial charge in [-0.3, -0.25) is 4.79 Å². The fourth-order valence-electron chi connectivity index (χ4n) is 1.32. The largest absolute Gasteiger partial charge is 0.349 e. The Hall–Kier alpha value is -0.830. The van der Waals surface area contributed by atoms with E-state index in [0.29, 0.717) is 0 Å². The summed E-state index contributed by atoms with van der Waals surface area (Å²) in [4.78, 5) is 11.9. The summed E-state index contributed by atoms with van der Waals surface area (Å²) in [5.41, 5.74) is 2.89. The topological polar surface area (TPSA) is 29.1 Å². The highest BCUT2D eigenvalue weighted by Gasteiger charge is 2.11. The van der Waals surface area contributed by atoms with Crippen molar-refractivity contribution in [2.75, 3.05) is 5.33 Å². The fraction of sp³-hybridized carbons (Fsp3) is 0.417. The molecular weight excluding hydrogens is 254 g/mol. The van der Waals surface area contributed by atoms with Crippen LogP contribution in [-0.2, 0) is 0 Å². The number of benzene rings is 1. The number of hydrogen-bond donors (Lipinski definition) is 1. The molecular formula is C12H16BrNO. The van der Waals surface area contributed by atoms with Crippen molar-refractivity contribution in [1.29, 1.82) is 0 Å². The van der Waals surface area contributed by atoms with Gasteiger partial charge in [0.1, 0.15) is 0 Å². The first kappa shape index (κ1) is 12.2. The number of hydrogen-bond acceptors (Lipinski definition) is 1. The number of rotatable bonds is 3. The summed E-state index contributed by atoms with van der Waals surface area (Å²) in [5.74, 6) is 0.00292. The first-order chi connectivity index (χ1) is 7.04. The van der Waals surface area contributed by atoms with Crippen molar-refractivity contribution in [3.63, 3.8) is 0 Å². The Morgan fingerprint density at radius 2 is 2.13 bits per heavy atom. The maximum Gasteiger partial charge on any atom is 0.251 e. The molecule has 15 heavy (non-hydrogen) atoms. The van der Waals surface area contributed by atoms with E-state index in [0.717, 1.165) is 22.0 Å². The zero-order valence-corrected chi connectivity index (χ0v) is 10.9. The van der Waals surface area contributed by atoms with Crippen molar-refractivity contribution in [1.82, 2.24) is 5.32 Å². The average molecular weight is 270 g/mol. The molecule has 0 aromatic heterocycles. The smallest absolute Gasteiger partial charge is 0.251 e. The van der Waals surface area contributed by atoms with Gasteiger partial charge in [0.2, 0.25) is 0 Å². The van der Waals surface area contributed by atoms with Gasteiger partial charge in [0, 0.05) is 16.9 Å². The summed E-state index contributed by atoms with van der Waals surface area (Å²) in [6.07, 6.45) is 0. The maximum absolute atomic E-state index is 11.9. The molecule has 0 aliphatic rings. The molecule has 1 amide bonds. The van der Waals surface area contributed by atoms with Gasteiger partial charge in [-0.25, -0.2) is 0 Å². The number of halogens is 1. The molecule has 0 heterocycles. The standard InChI is InChI=1S/C12H16BrNO/c1-8-4-5-9(2)11(6-8)12(15)14-10(3)7-13/h4-6,10H,7H2,1-3H3,(H,14,15). The van der Waals surface area contributed by atoms with E-state index in [9.17, 15) is 4.79 Å². The highest BCUT2D eigenvalue weighted by molar-refractivity contribution is 9.09. The van der Waals surface area contributed by atoms with Crippen molar-refractivity contribution in [2.24, 2.45) is 0 Å². The van der Waals surface area contributed by atoms with Crippen molar-refractivity contribution in [3.05, 3.63) is 34.9 Å². The minimum atomic E-state index is 0.00292. The van der Waals surface area contributed by atoms with Crippen LogP contribution in [0.4, 0.5) is 0 Å². The molecule has 0 fully saturated rings. The fourth-order valence-corrected chi connectivity index (χ4v) is 1.48. The van der Waals surface area contributed by atoms with Crippen molar-refractivity contribution in [3.8, 4) is 0 Å². The quantitative estimate of drug-likeness (QED) is 0.841. The first-order valence-corrected chi connectivity index (χ1v) is 6.11. The number of alkyl halides is 1. The van der Waals surface area contributed by atoms with Crippen LogP contribution in [0.15, 0.2) is 18.2 Å². The van der Waals surface area contributed by atoms with E-state index in [1.807, 2.05) is 39.0 Å². The molecule has 0 radical (unpaired) electrons. The van der Waals surface area contributed by atoms with Gasteiger partial charge in [-0.1, -0.05) is 33.6 Å². The summed E-state index contributed by atoms with van der Waals surface area (Å²) in [6, 6.07) is 6.06. The first-order valence-electron chi connectivity index (χ1n) is 4.98. The van der Waals surface area contributed by atoms with E-state index < -0.39 is 0 Å². The van der Waals surface area contributed by atoms with Crippen LogP contribution >= 0.6 is 15.9 Å². The van der Waals surface area contributed by atoms with Crippen molar-refractivity contribution in [2.45, 2.75) is 26.8 Å². The Morgan fingerprint density at radius 3 is 2.73 bits per heavy atom. The molecule has 1 atom stereocenters. The van der Waals surface area contributed by atoms with Crippen LogP contribution < -0.4 is 5.32 Å². The van der Waals surface area contributed by atoms with Gasteiger partial charge < -0.3 is 5.32 Å². The van der Waals surface area contributed by atoms with Crippen LogP contribution in [0.3, 0.4) is 0 Å². The molecule has 1 N–H and O–H groups in total. The predicted molar refractivity (Wildman–Crippen MR) is 66.6 cm³/mol. The van der Waals surface area contributed by atoms with Crippen LogP contribution in [-0.4, -0.2) is 17.3 Å². The van der Waals surface area contributed by atoms with Crippen LogP contribution in [0.5, 0.6) is 0 Å². The molecule has 0 spiro atoms. The Labute approximate surface area is 99.2 Å². The van der Waals surface area contributed by atoms with E-state index in [4.69, 9.17) is 0 Å². The predicted octanol–water partition coefficient (Wildman–Crippen LogP) is 2.82. The third-order valence-corrected chi connectivity index (χ3v) is 3.22. The SMILES string of the molecule is Cc1ccc(C)c(C(=O)NC(C)CBr)c1. The second-order valence-electron chi connectivity index (χ2n) is 3.85. The number of carbonyl (C=O) groups excluding carboxylic acids is 1. The maximum atomic E-state index is 11.9. The highest BCUT2D eigenvalue weighted by Crippen LogP contribution is 2.10. The summed E-state index contributed by atoms with van der Waals surface area (Å²) in [7, 11) is 0. The van der Waals surface area contributed by atoms with Crippen molar-refractivity contribution < 1.29 is 4.79 Å². The van der Waals surface area contributed by atoms with Crippen molar-refractivity contribution >= 4 is 21.8 Å². The van der Waals surface area contributed by atoms with E-state index in [1.165, 1.54) is 0 Å². The molecule has 0 aliphatic carbocycles. The Kier molecular flexibility index (Phi) is 4.33. The van der Waals surface area contributed by atoms with Crippen LogP contribution in [0.1, 0.15) is 28.4 Å². The molecule has 0 bridgehead atoms. The average Bonchev–Trinajstić information content (AvgIpc) is 2.21. The third-order valence-electron chi connectivity index (χ3n) is 2.25. The molecule has 0 saturated heterocycles. The van der Waals surface area contributed by atoms with E-state index >= 15 is 0 Å². The summed E-state index contributed by atoms with van der Waals surface area (Å²) in [6.45, 7) is 5.91. The molecule has 82 valence electrons. The van der Waals surface area contributed by atoms with Gasteiger partial charge in [0.25, 0.3) is 5.91 Å². The van der Waals surface area contributed by atoms with Crippen LogP contribution in [0.2, 0.25) is 0 Å². The van der Waals surface area contributed by atoms with E-state index in [1.54, 1.807) is 0 Å². The molecule has 0 aliphatic heterocycles. The zero-order chi connectivity index (χ0) is 11.4. The normalized spacial score (nSPS) is 12.3. The van der Waals surface area contributed by atoms with Gasteiger partial charge in [0.05, 0.1) is 0 Å². The summed E-state index contributed by atoms with van der Waals surface area (Å²) in [5, 5.41) is 3.70. The summed E-state index contributed by atoms with van der Waals surface area (Å²) >= 11 is 3.33. The number of amides is 1. The Morgan fingerprint density at radius 1 is 1.47 bits per heavy atom. The monoisotopic (exact) mass is 269 g/mol. The molecule has 2 nitrogen and oxygen atoms in total. The molecule has 3 heteroatoms. The molecule has 1 aromatic carbocycles. The lowest BCUT2D eigenvalue weighted by Crippen LogP contribution is -2.34. The number of nitrogens with one attached hydrogen (secondary N) is 1. The minimum Gasteiger partial charge on any atom is -0.349 e. The Balaban J connectivity index is 2.86. The van der Waals surface area contributed by atoms with Gasteiger partial charge >= 0.3 is 0 Å². The lowest BCUT2D eigenvalue weighted by molar-refractivity contribution is 0.0943. The molecule has 0 saturated carbocycles.